The van der Waals surface area contributed by atoms with E-state index >= 15 is 0 Å². The molecule has 0 amide bonds. The van der Waals surface area contributed by atoms with Crippen molar-refractivity contribution < 1.29 is 9.52 Å². The number of thioether (sulfide) groups is 1. The molecule has 0 saturated carbocycles. The molecule has 1 N–H and O–H groups in total. The molecule has 5 nitrogen and oxygen atoms in total. The Balaban J connectivity index is 2.23. The summed E-state index contributed by atoms with van der Waals surface area (Å²) in [4.78, 5) is 0. The van der Waals surface area contributed by atoms with Gasteiger partial charge in [-0.1, -0.05) is 25.6 Å². The molecule has 2 aromatic rings. The van der Waals surface area contributed by atoms with Crippen LogP contribution in [0.15, 0.2) is 28.0 Å². The topological polar surface area (TPSA) is 64.1 Å². The summed E-state index contributed by atoms with van der Waals surface area (Å²) in [6.45, 7) is 5.38. The third-order valence-electron chi connectivity index (χ3n) is 2.54. The van der Waals surface area contributed by atoms with Crippen LogP contribution >= 0.6 is 11.8 Å². The molecule has 0 aliphatic heterocycles. The van der Waals surface area contributed by atoms with Gasteiger partial charge >= 0.3 is 0 Å². The molecule has 0 aromatic carbocycles. The standard InChI is InChI=1S/C13H19N3O2S/c1-10(2)9-16-12(11-5-3-7-18-11)14-15-13(16)19-8-4-6-17/h3,5,7,10,17H,4,6,8-9H2,1-2H3. The third-order valence-corrected chi connectivity index (χ3v) is 3.59. The Labute approximate surface area is 117 Å². The lowest BCUT2D eigenvalue weighted by Crippen LogP contribution is -2.07. The highest BCUT2D eigenvalue weighted by Gasteiger charge is 2.16. The molecule has 0 unspecified atom stereocenters. The zero-order valence-corrected chi connectivity index (χ0v) is 12.1. The van der Waals surface area contributed by atoms with Gasteiger partial charge in [-0.05, 0) is 24.5 Å². The van der Waals surface area contributed by atoms with E-state index in [1.165, 1.54) is 0 Å². The SMILES string of the molecule is CC(C)Cn1c(SCCCO)nnc1-c1ccco1. The molecule has 2 rings (SSSR count). The van der Waals surface area contributed by atoms with Crippen molar-refractivity contribution in [1.82, 2.24) is 14.8 Å². The Morgan fingerprint density at radius 3 is 2.89 bits per heavy atom. The first kappa shape index (κ1) is 14.1. The molecular formula is C13H19N3O2S. The Kier molecular flexibility index (Phi) is 5.04. The van der Waals surface area contributed by atoms with Gasteiger partial charge in [0.15, 0.2) is 16.7 Å². The number of furan rings is 1. The summed E-state index contributed by atoms with van der Waals surface area (Å²) >= 11 is 1.62. The van der Waals surface area contributed by atoms with E-state index in [9.17, 15) is 0 Å². The second-order valence-electron chi connectivity index (χ2n) is 4.71. The van der Waals surface area contributed by atoms with Crippen LogP contribution in [0.1, 0.15) is 20.3 Å². The van der Waals surface area contributed by atoms with Gasteiger partial charge in [-0.3, -0.25) is 4.57 Å². The van der Waals surface area contributed by atoms with Gasteiger partial charge in [0.1, 0.15) is 0 Å². The highest BCUT2D eigenvalue weighted by Crippen LogP contribution is 2.25. The van der Waals surface area contributed by atoms with Gasteiger partial charge < -0.3 is 9.52 Å². The van der Waals surface area contributed by atoms with Gasteiger partial charge in [-0.25, -0.2) is 0 Å². The van der Waals surface area contributed by atoms with Crippen molar-refractivity contribution in [1.29, 1.82) is 0 Å². The molecule has 19 heavy (non-hydrogen) atoms. The third kappa shape index (κ3) is 3.61. The lowest BCUT2D eigenvalue weighted by Gasteiger charge is -2.11. The van der Waals surface area contributed by atoms with Gasteiger partial charge in [0.25, 0.3) is 0 Å². The Morgan fingerprint density at radius 1 is 1.42 bits per heavy atom. The second kappa shape index (κ2) is 6.77. The van der Waals surface area contributed by atoms with Crippen molar-refractivity contribution in [2.75, 3.05) is 12.4 Å². The Hall–Kier alpha value is -1.27. The van der Waals surface area contributed by atoms with E-state index < -0.39 is 0 Å². The number of rotatable bonds is 7. The van der Waals surface area contributed by atoms with Crippen LogP contribution in [0.25, 0.3) is 11.6 Å². The Bertz CT molecular complexity index is 494. The predicted molar refractivity (Wildman–Crippen MR) is 75.0 cm³/mol. The fraction of sp³-hybridized carbons (Fsp3) is 0.538. The van der Waals surface area contributed by atoms with Crippen molar-refractivity contribution in [3.05, 3.63) is 18.4 Å². The number of aromatic nitrogens is 3. The number of aliphatic hydroxyl groups is 1. The van der Waals surface area contributed by atoms with Gasteiger partial charge in [-0.2, -0.15) is 0 Å². The summed E-state index contributed by atoms with van der Waals surface area (Å²) in [6.07, 6.45) is 2.40. The van der Waals surface area contributed by atoms with Gasteiger partial charge in [0.05, 0.1) is 6.26 Å². The fourth-order valence-electron chi connectivity index (χ4n) is 1.74. The lowest BCUT2D eigenvalue weighted by atomic mass is 10.2. The van der Waals surface area contributed by atoms with Gasteiger partial charge in [0.2, 0.25) is 0 Å². The fourth-order valence-corrected chi connectivity index (χ4v) is 2.61. The number of hydrogen-bond donors (Lipinski definition) is 1. The first-order valence-corrected chi connectivity index (χ1v) is 7.41. The van der Waals surface area contributed by atoms with Crippen molar-refractivity contribution in [2.24, 2.45) is 5.92 Å². The monoisotopic (exact) mass is 281 g/mol. The molecule has 0 saturated heterocycles. The maximum absolute atomic E-state index is 8.84. The van der Waals surface area contributed by atoms with E-state index in [0.717, 1.165) is 35.5 Å². The molecule has 0 radical (unpaired) electrons. The van der Waals surface area contributed by atoms with E-state index in [1.807, 2.05) is 12.1 Å². The first-order chi connectivity index (χ1) is 9.22. The van der Waals surface area contributed by atoms with Crippen molar-refractivity contribution in [2.45, 2.75) is 32.0 Å². The lowest BCUT2D eigenvalue weighted by molar-refractivity contribution is 0.296. The molecular weight excluding hydrogens is 262 g/mol. The van der Waals surface area contributed by atoms with Gasteiger partial charge in [0, 0.05) is 18.9 Å². The molecule has 104 valence electrons. The molecule has 2 heterocycles. The van der Waals surface area contributed by atoms with Crippen molar-refractivity contribution in [3.63, 3.8) is 0 Å². The molecule has 0 spiro atoms. The minimum absolute atomic E-state index is 0.205. The van der Waals surface area contributed by atoms with Crippen LogP contribution in [-0.2, 0) is 6.54 Å². The predicted octanol–water partition coefficient (Wildman–Crippen LogP) is 2.67. The maximum Gasteiger partial charge on any atom is 0.200 e. The number of aliphatic hydroxyl groups excluding tert-OH is 1. The first-order valence-electron chi connectivity index (χ1n) is 6.43. The number of nitrogens with zero attached hydrogens (tertiary/aromatic N) is 3. The van der Waals surface area contributed by atoms with Crippen LogP contribution in [-0.4, -0.2) is 32.2 Å². The normalized spacial score (nSPS) is 11.4. The smallest absolute Gasteiger partial charge is 0.200 e. The van der Waals surface area contributed by atoms with E-state index in [4.69, 9.17) is 9.52 Å². The molecule has 0 bridgehead atoms. The summed E-state index contributed by atoms with van der Waals surface area (Å²) in [5.74, 6) is 2.85. The number of hydrogen-bond acceptors (Lipinski definition) is 5. The van der Waals surface area contributed by atoms with Crippen LogP contribution in [0.2, 0.25) is 0 Å². The molecule has 6 heteroatoms. The van der Waals surface area contributed by atoms with E-state index in [-0.39, 0.29) is 6.61 Å². The van der Waals surface area contributed by atoms with Crippen molar-refractivity contribution >= 4 is 11.8 Å². The molecule has 2 aromatic heterocycles. The summed E-state index contributed by atoms with van der Waals surface area (Å²) in [5.41, 5.74) is 0. The van der Waals surface area contributed by atoms with Crippen molar-refractivity contribution in [3.8, 4) is 11.6 Å². The largest absolute Gasteiger partial charge is 0.461 e. The minimum atomic E-state index is 0.205. The molecule has 0 atom stereocenters. The van der Waals surface area contributed by atoms with Crippen LogP contribution in [0, 0.1) is 5.92 Å². The highest BCUT2D eigenvalue weighted by molar-refractivity contribution is 7.99. The second-order valence-corrected chi connectivity index (χ2v) is 5.78. The van der Waals surface area contributed by atoms with E-state index in [1.54, 1.807) is 18.0 Å². The van der Waals surface area contributed by atoms with Gasteiger partial charge in [-0.15, -0.1) is 10.2 Å². The average Bonchev–Trinajstić information content (AvgIpc) is 2.99. The molecule has 0 aliphatic rings. The zero-order chi connectivity index (χ0) is 13.7. The van der Waals surface area contributed by atoms with Crippen LogP contribution in [0.4, 0.5) is 0 Å². The molecule has 0 aliphatic carbocycles. The van der Waals surface area contributed by atoms with Crippen LogP contribution < -0.4 is 0 Å². The average molecular weight is 281 g/mol. The quantitative estimate of drug-likeness (QED) is 0.624. The minimum Gasteiger partial charge on any atom is -0.461 e. The van der Waals surface area contributed by atoms with Crippen LogP contribution in [0.3, 0.4) is 0 Å². The zero-order valence-electron chi connectivity index (χ0n) is 11.2. The van der Waals surface area contributed by atoms with E-state index in [2.05, 4.69) is 28.6 Å². The molecule has 0 fully saturated rings. The highest BCUT2D eigenvalue weighted by atomic mass is 32.2. The Morgan fingerprint density at radius 2 is 2.26 bits per heavy atom. The van der Waals surface area contributed by atoms with Crippen LogP contribution in [0.5, 0.6) is 0 Å². The summed E-state index contributed by atoms with van der Waals surface area (Å²) in [7, 11) is 0. The summed E-state index contributed by atoms with van der Waals surface area (Å²) in [6, 6.07) is 3.74. The summed E-state index contributed by atoms with van der Waals surface area (Å²) in [5, 5.41) is 18.2. The summed E-state index contributed by atoms with van der Waals surface area (Å²) < 4.78 is 7.50. The maximum atomic E-state index is 8.84. The van der Waals surface area contributed by atoms with E-state index in [0.29, 0.717) is 5.92 Å².